The minimum Gasteiger partial charge on any atom is -0.378 e. The van der Waals surface area contributed by atoms with Crippen molar-refractivity contribution in [1.82, 2.24) is 25.3 Å². The molecule has 36 heavy (non-hydrogen) atoms. The Labute approximate surface area is 204 Å². The molecular weight excluding hydrogens is 473 g/mol. The molecule has 8 nitrogen and oxygen atoms in total. The monoisotopic (exact) mass is 496 g/mol. The number of amides is 1. The second-order valence-electron chi connectivity index (χ2n) is 8.35. The molecular formula is C25H23F3N6O2. The maximum Gasteiger partial charge on any atom is 0.416 e. The summed E-state index contributed by atoms with van der Waals surface area (Å²) in [6.07, 6.45) is 2.33. The smallest absolute Gasteiger partial charge is 0.378 e. The lowest BCUT2D eigenvalue weighted by Gasteiger charge is -2.28. The quantitative estimate of drug-likeness (QED) is 0.421. The lowest BCUT2D eigenvalue weighted by atomic mass is 10.0. The predicted molar refractivity (Wildman–Crippen MR) is 128 cm³/mol. The molecule has 5 rings (SSSR count). The van der Waals surface area contributed by atoms with Crippen LogP contribution in [0.4, 0.5) is 18.9 Å². The number of pyridine rings is 1. The Morgan fingerprint density at radius 1 is 1.08 bits per heavy atom. The van der Waals surface area contributed by atoms with E-state index in [1.807, 2.05) is 12.4 Å². The van der Waals surface area contributed by atoms with Crippen molar-refractivity contribution in [3.63, 3.8) is 0 Å². The number of nitrogens with zero attached hydrogens (tertiary/aromatic N) is 4. The van der Waals surface area contributed by atoms with Gasteiger partial charge in [0.15, 0.2) is 0 Å². The fraction of sp³-hybridized carbons (Fsp3) is 0.280. The van der Waals surface area contributed by atoms with Crippen LogP contribution in [0.15, 0.2) is 55.1 Å². The first kappa shape index (κ1) is 23.7. The molecule has 0 bridgehead atoms. The summed E-state index contributed by atoms with van der Waals surface area (Å²) < 4.78 is 44.9. The van der Waals surface area contributed by atoms with E-state index < -0.39 is 17.6 Å². The first-order valence-electron chi connectivity index (χ1n) is 11.5. The van der Waals surface area contributed by atoms with Crippen molar-refractivity contribution >= 4 is 22.6 Å². The summed E-state index contributed by atoms with van der Waals surface area (Å²) in [6, 6.07) is 7.37. The molecule has 11 heteroatoms. The van der Waals surface area contributed by atoms with Crippen LogP contribution >= 0.6 is 0 Å². The molecule has 3 aromatic heterocycles. The Morgan fingerprint density at radius 2 is 1.83 bits per heavy atom. The van der Waals surface area contributed by atoms with Gasteiger partial charge in [-0.25, -0.2) is 15.0 Å². The molecule has 1 saturated heterocycles. The van der Waals surface area contributed by atoms with Crippen molar-refractivity contribution in [3.05, 3.63) is 72.1 Å². The first-order chi connectivity index (χ1) is 17.4. The van der Waals surface area contributed by atoms with E-state index in [1.54, 1.807) is 18.5 Å². The van der Waals surface area contributed by atoms with Gasteiger partial charge in [-0.3, -0.25) is 4.79 Å². The summed E-state index contributed by atoms with van der Waals surface area (Å²) in [5, 5.41) is 3.50. The summed E-state index contributed by atoms with van der Waals surface area (Å²) in [7, 11) is 0. The number of H-pyrrole nitrogens is 1. The highest BCUT2D eigenvalue weighted by Gasteiger charge is 2.32. The maximum absolute atomic E-state index is 13.1. The van der Waals surface area contributed by atoms with Crippen molar-refractivity contribution in [2.75, 3.05) is 37.7 Å². The first-order valence-corrected chi connectivity index (χ1v) is 11.5. The Hall–Kier alpha value is -3.99. The third-order valence-corrected chi connectivity index (χ3v) is 6.06. The molecule has 0 saturated carbocycles. The van der Waals surface area contributed by atoms with Crippen molar-refractivity contribution in [2.24, 2.45) is 0 Å². The van der Waals surface area contributed by atoms with Gasteiger partial charge in [0, 0.05) is 54.7 Å². The summed E-state index contributed by atoms with van der Waals surface area (Å²) >= 11 is 0. The average Bonchev–Trinajstić information content (AvgIpc) is 3.32. The van der Waals surface area contributed by atoms with Crippen LogP contribution in [-0.2, 0) is 17.3 Å². The third-order valence-electron chi connectivity index (χ3n) is 6.06. The van der Waals surface area contributed by atoms with Crippen LogP contribution in [0.5, 0.6) is 0 Å². The van der Waals surface area contributed by atoms with Gasteiger partial charge in [0.25, 0.3) is 5.91 Å². The molecule has 1 amide bonds. The lowest BCUT2D eigenvalue weighted by Crippen LogP contribution is -2.36. The van der Waals surface area contributed by atoms with Gasteiger partial charge < -0.3 is 19.9 Å². The van der Waals surface area contributed by atoms with Crippen LogP contribution in [0, 0.1) is 0 Å². The van der Waals surface area contributed by atoms with Gasteiger partial charge in [-0.05, 0) is 24.1 Å². The predicted octanol–water partition coefficient (Wildman–Crippen LogP) is 3.85. The fourth-order valence-corrected chi connectivity index (χ4v) is 4.21. The molecule has 0 radical (unpaired) electrons. The van der Waals surface area contributed by atoms with E-state index in [9.17, 15) is 18.0 Å². The summed E-state index contributed by atoms with van der Waals surface area (Å²) in [4.78, 5) is 30.7. The molecule has 2 N–H and O–H groups in total. The number of benzene rings is 1. The number of nitrogens with one attached hydrogen (secondary N) is 2. The minimum atomic E-state index is -4.44. The van der Waals surface area contributed by atoms with E-state index in [4.69, 9.17) is 4.74 Å². The molecule has 1 aliphatic rings. The van der Waals surface area contributed by atoms with Crippen LogP contribution in [0.25, 0.3) is 22.2 Å². The number of carbonyl (C=O) groups is 1. The van der Waals surface area contributed by atoms with Crippen molar-refractivity contribution in [1.29, 1.82) is 0 Å². The average molecular weight is 496 g/mol. The zero-order chi connectivity index (χ0) is 25.1. The van der Waals surface area contributed by atoms with Gasteiger partial charge >= 0.3 is 6.18 Å². The molecule has 0 spiro atoms. The molecule has 1 aliphatic heterocycles. The van der Waals surface area contributed by atoms with E-state index in [1.165, 1.54) is 12.1 Å². The largest absolute Gasteiger partial charge is 0.416 e. The van der Waals surface area contributed by atoms with E-state index in [0.29, 0.717) is 18.8 Å². The zero-order valence-electron chi connectivity index (χ0n) is 19.2. The number of hydrogen-bond acceptors (Lipinski definition) is 6. The van der Waals surface area contributed by atoms with Crippen molar-refractivity contribution < 1.29 is 22.7 Å². The third kappa shape index (κ3) is 5.01. The maximum atomic E-state index is 13.1. The number of anilines is 1. The number of hydrogen-bond donors (Lipinski definition) is 2. The topological polar surface area (TPSA) is 96.0 Å². The number of alkyl halides is 3. The standard InChI is InChI=1S/C25H23F3N6O2/c26-25(27,28)21-4-2-1-3-16(21)5-6-29-24(35)23-30-12-17(13-31-23)20-15-33-22-19(20)11-18(14-32-22)34-7-9-36-10-8-34/h1-4,11-15H,5-10H2,(H,29,35)(H,32,33). The number of rotatable bonds is 6. The van der Waals surface area contributed by atoms with Crippen LogP contribution in [0.2, 0.25) is 0 Å². The van der Waals surface area contributed by atoms with Gasteiger partial charge in [-0.15, -0.1) is 0 Å². The Bertz CT molecular complexity index is 1360. The Morgan fingerprint density at radius 3 is 2.58 bits per heavy atom. The van der Waals surface area contributed by atoms with Crippen LogP contribution in [0.3, 0.4) is 0 Å². The number of ether oxygens (including phenoxy) is 1. The van der Waals surface area contributed by atoms with Crippen LogP contribution < -0.4 is 10.2 Å². The zero-order valence-corrected chi connectivity index (χ0v) is 19.2. The highest BCUT2D eigenvalue weighted by Crippen LogP contribution is 2.32. The van der Waals surface area contributed by atoms with Crippen molar-refractivity contribution in [2.45, 2.75) is 12.6 Å². The molecule has 1 fully saturated rings. The highest BCUT2D eigenvalue weighted by molar-refractivity contribution is 5.95. The van der Waals surface area contributed by atoms with E-state index in [-0.39, 0.29) is 24.4 Å². The Kier molecular flexibility index (Phi) is 6.55. The number of halogens is 3. The molecule has 186 valence electrons. The number of aromatic amines is 1. The summed E-state index contributed by atoms with van der Waals surface area (Å²) in [5.74, 6) is -0.615. The van der Waals surface area contributed by atoms with Crippen molar-refractivity contribution in [3.8, 4) is 11.1 Å². The van der Waals surface area contributed by atoms with Gasteiger partial charge in [0.2, 0.25) is 5.82 Å². The molecule has 4 aromatic rings. The molecule has 0 unspecified atom stereocenters. The molecule has 4 heterocycles. The van der Waals surface area contributed by atoms with Gasteiger partial charge in [-0.1, -0.05) is 18.2 Å². The fourth-order valence-electron chi connectivity index (χ4n) is 4.21. The van der Waals surface area contributed by atoms with Gasteiger partial charge in [-0.2, -0.15) is 13.2 Å². The van der Waals surface area contributed by atoms with Gasteiger partial charge in [0.1, 0.15) is 5.65 Å². The molecule has 0 atom stereocenters. The second-order valence-corrected chi connectivity index (χ2v) is 8.35. The molecule has 0 aliphatic carbocycles. The Balaban J connectivity index is 1.27. The van der Waals surface area contributed by atoms with Gasteiger partial charge in [0.05, 0.1) is 30.7 Å². The highest BCUT2D eigenvalue weighted by atomic mass is 19.4. The summed E-state index contributed by atoms with van der Waals surface area (Å²) in [5.41, 5.74) is 2.69. The van der Waals surface area contributed by atoms with E-state index in [0.717, 1.165) is 41.4 Å². The van der Waals surface area contributed by atoms with Crippen LogP contribution in [-0.4, -0.2) is 58.7 Å². The SMILES string of the molecule is O=C(NCCc1ccccc1C(F)(F)F)c1ncc(-c2c[nH]c3ncc(N4CCOCC4)cc23)cn1. The number of fused-ring (bicyclic) bond motifs is 1. The number of morpholine rings is 1. The van der Waals surface area contributed by atoms with E-state index >= 15 is 0 Å². The minimum absolute atomic E-state index is 0.0233. The molecule has 1 aromatic carbocycles. The van der Waals surface area contributed by atoms with E-state index in [2.05, 4.69) is 36.2 Å². The number of aromatic nitrogens is 4. The second kappa shape index (κ2) is 9.94. The lowest BCUT2D eigenvalue weighted by molar-refractivity contribution is -0.138. The number of carbonyl (C=O) groups excluding carboxylic acids is 1. The summed E-state index contributed by atoms with van der Waals surface area (Å²) in [6.45, 7) is 2.95. The normalized spacial score (nSPS) is 14.2. The van der Waals surface area contributed by atoms with Crippen LogP contribution in [0.1, 0.15) is 21.7 Å².